The summed E-state index contributed by atoms with van der Waals surface area (Å²) in [5.74, 6) is -2.38. The molecule has 0 spiro atoms. The summed E-state index contributed by atoms with van der Waals surface area (Å²) in [5, 5.41) is 9.30. The average Bonchev–Trinajstić information content (AvgIpc) is 2.37. The van der Waals surface area contributed by atoms with E-state index in [1.165, 1.54) is 12.1 Å². The topological polar surface area (TPSA) is 37.3 Å². The Kier molecular flexibility index (Phi) is 4.32. The number of hydrogen-bond donors (Lipinski definition) is 1. The molecule has 4 heteroatoms. The van der Waals surface area contributed by atoms with Crippen LogP contribution in [0.25, 0.3) is 0 Å². The third-order valence-corrected chi connectivity index (χ3v) is 3.40. The minimum Gasteiger partial charge on any atom is -0.481 e. The van der Waals surface area contributed by atoms with Crippen molar-refractivity contribution in [3.05, 3.63) is 69.9 Å². The molecular weight excluding hydrogens is 311 g/mol. The fourth-order valence-corrected chi connectivity index (χ4v) is 2.43. The number of rotatable bonds is 4. The molecule has 1 unspecified atom stereocenters. The highest BCUT2D eigenvalue weighted by molar-refractivity contribution is 9.10. The minimum atomic E-state index is -1.02. The molecule has 98 valence electrons. The van der Waals surface area contributed by atoms with Gasteiger partial charge in [-0.25, -0.2) is 4.39 Å². The molecule has 0 aliphatic carbocycles. The number of carboxylic acids is 1. The highest BCUT2D eigenvalue weighted by Crippen LogP contribution is 2.25. The molecule has 0 bridgehead atoms. The van der Waals surface area contributed by atoms with Crippen LogP contribution in [0.3, 0.4) is 0 Å². The molecule has 2 rings (SSSR count). The third kappa shape index (κ3) is 3.41. The van der Waals surface area contributed by atoms with Crippen LogP contribution in [0.1, 0.15) is 17.0 Å². The Morgan fingerprint density at radius 1 is 1.21 bits per heavy atom. The quantitative estimate of drug-likeness (QED) is 0.923. The lowest BCUT2D eigenvalue weighted by atomic mass is 9.92. The molecule has 0 amide bonds. The maximum absolute atomic E-state index is 13.7. The Balaban J connectivity index is 2.32. The van der Waals surface area contributed by atoms with Crippen LogP contribution in [0.2, 0.25) is 0 Å². The summed E-state index contributed by atoms with van der Waals surface area (Å²) in [4.78, 5) is 11.4. The monoisotopic (exact) mass is 322 g/mol. The van der Waals surface area contributed by atoms with E-state index in [0.29, 0.717) is 0 Å². The summed E-state index contributed by atoms with van der Waals surface area (Å²) < 4.78 is 14.6. The van der Waals surface area contributed by atoms with Crippen LogP contribution in [-0.2, 0) is 11.2 Å². The minimum absolute atomic E-state index is 0.218. The molecule has 0 radical (unpaired) electrons. The number of carboxylic acid groups (broad SMARTS) is 1. The van der Waals surface area contributed by atoms with E-state index in [1.807, 2.05) is 24.3 Å². The van der Waals surface area contributed by atoms with E-state index in [-0.39, 0.29) is 12.0 Å². The Labute approximate surface area is 119 Å². The Morgan fingerprint density at radius 3 is 2.58 bits per heavy atom. The van der Waals surface area contributed by atoms with Gasteiger partial charge >= 0.3 is 5.97 Å². The van der Waals surface area contributed by atoms with Gasteiger partial charge in [-0.05, 0) is 30.2 Å². The zero-order valence-electron chi connectivity index (χ0n) is 10.0. The van der Waals surface area contributed by atoms with E-state index in [4.69, 9.17) is 0 Å². The number of aliphatic carboxylic acids is 1. The van der Waals surface area contributed by atoms with E-state index >= 15 is 0 Å². The van der Waals surface area contributed by atoms with Crippen molar-refractivity contribution < 1.29 is 14.3 Å². The van der Waals surface area contributed by atoms with Crippen molar-refractivity contribution >= 4 is 21.9 Å². The molecule has 0 heterocycles. The lowest BCUT2D eigenvalue weighted by molar-refractivity contribution is -0.138. The van der Waals surface area contributed by atoms with Gasteiger partial charge in [0.25, 0.3) is 0 Å². The molecule has 1 N–H and O–H groups in total. The SMILES string of the molecule is O=C(O)C(Cc1cccc(Br)c1)c1ccccc1F. The first-order chi connectivity index (χ1) is 9.08. The van der Waals surface area contributed by atoms with Crippen LogP contribution < -0.4 is 0 Å². The van der Waals surface area contributed by atoms with E-state index in [9.17, 15) is 14.3 Å². The van der Waals surface area contributed by atoms with Crippen LogP contribution in [0, 0.1) is 5.82 Å². The fourth-order valence-electron chi connectivity index (χ4n) is 1.99. The van der Waals surface area contributed by atoms with Crippen LogP contribution >= 0.6 is 15.9 Å². The summed E-state index contributed by atoms with van der Waals surface area (Å²) in [6.45, 7) is 0. The zero-order chi connectivity index (χ0) is 13.8. The molecule has 0 saturated carbocycles. The van der Waals surface area contributed by atoms with Gasteiger partial charge in [0.2, 0.25) is 0 Å². The second kappa shape index (κ2) is 5.97. The molecule has 1 atom stereocenters. The Bertz CT molecular complexity index is 598. The maximum Gasteiger partial charge on any atom is 0.311 e. The summed E-state index contributed by atoms with van der Waals surface area (Å²) in [6.07, 6.45) is 0.260. The predicted molar refractivity (Wildman–Crippen MR) is 74.6 cm³/mol. The summed E-state index contributed by atoms with van der Waals surface area (Å²) >= 11 is 3.34. The van der Waals surface area contributed by atoms with E-state index in [1.54, 1.807) is 12.1 Å². The standard InChI is InChI=1S/C15H12BrFO2/c16-11-5-3-4-10(8-11)9-13(15(18)19)12-6-1-2-7-14(12)17/h1-8,13H,9H2,(H,18,19). The lowest BCUT2D eigenvalue weighted by Crippen LogP contribution is -2.15. The summed E-state index contributed by atoms with van der Waals surface area (Å²) in [5.41, 5.74) is 1.07. The van der Waals surface area contributed by atoms with Crippen molar-refractivity contribution in [1.82, 2.24) is 0 Å². The lowest BCUT2D eigenvalue weighted by Gasteiger charge is -2.13. The van der Waals surface area contributed by atoms with Crippen molar-refractivity contribution in [3.8, 4) is 0 Å². The van der Waals surface area contributed by atoms with Crippen LogP contribution in [0.5, 0.6) is 0 Å². The normalized spacial score (nSPS) is 12.1. The zero-order valence-corrected chi connectivity index (χ0v) is 11.6. The van der Waals surface area contributed by atoms with E-state index in [2.05, 4.69) is 15.9 Å². The largest absolute Gasteiger partial charge is 0.481 e. The van der Waals surface area contributed by atoms with Gasteiger partial charge in [-0.1, -0.05) is 46.3 Å². The van der Waals surface area contributed by atoms with Gasteiger partial charge in [0.15, 0.2) is 0 Å². The summed E-state index contributed by atoms with van der Waals surface area (Å²) in [7, 11) is 0. The molecule has 0 fully saturated rings. The smallest absolute Gasteiger partial charge is 0.311 e. The molecule has 19 heavy (non-hydrogen) atoms. The van der Waals surface area contributed by atoms with Gasteiger partial charge in [0.1, 0.15) is 5.82 Å². The Morgan fingerprint density at radius 2 is 1.95 bits per heavy atom. The van der Waals surface area contributed by atoms with Crippen molar-refractivity contribution in [2.75, 3.05) is 0 Å². The van der Waals surface area contributed by atoms with Gasteiger partial charge in [-0.15, -0.1) is 0 Å². The van der Waals surface area contributed by atoms with Crippen LogP contribution in [0.4, 0.5) is 4.39 Å². The van der Waals surface area contributed by atoms with Crippen molar-refractivity contribution in [2.45, 2.75) is 12.3 Å². The van der Waals surface area contributed by atoms with Gasteiger partial charge in [0.05, 0.1) is 5.92 Å². The molecule has 2 aromatic carbocycles. The van der Waals surface area contributed by atoms with Crippen LogP contribution in [-0.4, -0.2) is 11.1 Å². The number of hydrogen-bond acceptors (Lipinski definition) is 1. The van der Waals surface area contributed by atoms with Gasteiger partial charge in [-0.2, -0.15) is 0 Å². The average molecular weight is 323 g/mol. The number of benzene rings is 2. The fraction of sp³-hybridized carbons (Fsp3) is 0.133. The highest BCUT2D eigenvalue weighted by Gasteiger charge is 2.23. The van der Waals surface area contributed by atoms with Crippen LogP contribution in [0.15, 0.2) is 53.0 Å². The van der Waals surface area contributed by atoms with E-state index in [0.717, 1.165) is 10.0 Å². The number of carbonyl (C=O) groups is 1. The molecule has 2 nitrogen and oxygen atoms in total. The van der Waals surface area contributed by atoms with Gasteiger partial charge < -0.3 is 5.11 Å². The first kappa shape index (κ1) is 13.7. The molecule has 0 aliphatic rings. The highest BCUT2D eigenvalue weighted by atomic mass is 79.9. The van der Waals surface area contributed by atoms with Crippen molar-refractivity contribution in [3.63, 3.8) is 0 Å². The summed E-state index contributed by atoms with van der Waals surface area (Å²) in [6, 6.07) is 13.4. The molecular formula is C15H12BrFO2. The second-order valence-electron chi connectivity index (χ2n) is 4.25. The number of halogens is 2. The first-order valence-electron chi connectivity index (χ1n) is 5.79. The van der Waals surface area contributed by atoms with Crippen molar-refractivity contribution in [1.29, 1.82) is 0 Å². The van der Waals surface area contributed by atoms with Gasteiger partial charge in [0, 0.05) is 10.0 Å². The second-order valence-corrected chi connectivity index (χ2v) is 5.16. The predicted octanol–water partition coefficient (Wildman–Crippen LogP) is 4.00. The molecule has 2 aromatic rings. The molecule has 0 aromatic heterocycles. The van der Waals surface area contributed by atoms with Crippen molar-refractivity contribution in [2.24, 2.45) is 0 Å². The molecule has 0 aliphatic heterocycles. The Hall–Kier alpha value is -1.68. The van der Waals surface area contributed by atoms with Gasteiger partial charge in [-0.3, -0.25) is 4.79 Å². The molecule has 0 saturated heterocycles. The maximum atomic E-state index is 13.7. The van der Waals surface area contributed by atoms with E-state index < -0.39 is 17.7 Å². The first-order valence-corrected chi connectivity index (χ1v) is 6.59. The third-order valence-electron chi connectivity index (χ3n) is 2.91.